The Morgan fingerprint density at radius 3 is 2.78 bits per heavy atom. The molecule has 54 valence electrons. The van der Waals surface area contributed by atoms with Crippen molar-refractivity contribution in [3.63, 3.8) is 0 Å². The van der Waals surface area contributed by atoms with E-state index in [1.807, 2.05) is 0 Å². The van der Waals surface area contributed by atoms with E-state index in [9.17, 15) is 0 Å². The fourth-order valence-electron chi connectivity index (χ4n) is 0.945. The standard InChI is InChI=1S/C6H13NO2/c1-7(2)3-6-4-8-5-9-6/h6H,3-5H2,1-2H3/p+1. The van der Waals surface area contributed by atoms with Crippen LogP contribution in [0.2, 0.25) is 0 Å². The van der Waals surface area contributed by atoms with Gasteiger partial charge in [0.05, 0.1) is 20.7 Å². The second-order valence-corrected chi connectivity index (χ2v) is 2.69. The summed E-state index contributed by atoms with van der Waals surface area (Å²) in [5, 5.41) is 0. The predicted octanol–water partition coefficient (Wildman–Crippen LogP) is -1.50. The minimum Gasteiger partial charge on any atom is -0.352 e. The third kappa shape index (κ3) is 2.30. The Hall–Kier alpha value is -0.120. The van der Waals surface area contributed by atoms with Crippen LogP contribution in [0.15, 0.2) is 0 Å². The molecule has 9 heavy (non-hydrogen) atoms. The monoisotopic (exact) mass is 132 g/mol. The molecule has 1 saturated heterocycles. The first-order valence-electron chi connectivity index (χ1n) is 3.27. The molecule has 1 heterocycles. The number of rotatable bonds is 2. The molecule has 0 radical (unpaired) electrons. The molecular formula is C6H14NO2+. The minimum absolute atomic E-state index is 0.329. The quantitative estimate of drug-likeness (QED) is 0.494. The van der Waals surface area contributed by atoms with Crippen molar-refractivity contribution in [3.05, 3.63) is 0 Å². The van der Waals surface area contributed by atoms with Crippen LogP contribution in [0.5, 0.6) is 0 Å². The summed E-state index contributed by atoms with van der Waals surface area (Å²) in [7, 11) is 4.23. The van der Waals surface area contributed by atoms with Crippen LogP contribution in [0.1, 0.15) is 0 Å². The molecule has 0 aromatic rings. The first-order chi connectivity index (χ1) is 4.29. The van der Waals surface area contributed by atoms with E-state index in [2.05, 4.69) is 14.1 Å². The maximum atomic E-state index is 5.22. The zero-order valence-electron chi connectivity index (χ0n) is 6.02. The highest BCUT2D eigenvalue weighted by molar-refractivity contribution is 4.55. The van der Waals surface area contributed by atoms with Crippen molar-refractivity contribution in [1.82, 2.24) is 0 Å². The number of hydrogen-bond donors (Lipinski definition) is 1. The van der Waals surface area contributed by atoms with Crippen molar-refractivity contribution in [2.45, 2.75) is 6.10 Å². The molecule has 1 fully saturated rings. The summed E-state index contributed by atoms with van der Waals surface area (Å²) < 4.78 is 10.2. The lowest BCUT2D eigenvalue weighted by molar-refractivity contribution is -0.861. The Balaban J connectivity index is 2.11. The van der Waals surface area contributed by atoms with E-state index in [0.29, 0.717) is 12.9 Å². The molecule has 1 aliphatic heterocycles. The van der Waals surface area contributed by atoms with Crippen molar-refractivity contribution < 1.29 is 14.4 Å². The minimum atomic E-state index is 0.329. The molecule has 3 heteroatoms. The van der Waals surface area contributed by atoms with Gasteiger partial charge in [-0.3, -0.25) is 0 Å². The lowest BCUT2D eigenvalue weighted by Crippen LogP contribution is -3.07. The van der Waals surface area contributed by atoms with Crippen LogP contribution in [-0.2, 0) is 9.47 Å². The van der Waals surface area contributed by atoms with E-state index in [0.717, 1.165) is 13.2 Å². The number of likely N-dealkylation sites (N-methyl/N-ethyl adjacent to an activating group) is 1. The van der Waals surface area contributed by atoms with Gasteiger partial charge in [0.2, 0.25) is 0 Å². The van der Waals surface area contributed by atoms with Gasteiger partial charge >= 0.3 is 0 Å². The number of ether oxygens (including phenoxy) is 2. The van der Waals surface area contributed by atoms with Crippen LogP contribution in [0.4, 0.5) is 0 Å². The highest BCUT2D eigenvalue weighted by atomic mass is 16.7. The Bertz CT molecular complexity index is 79.1. The lowest BCUT2D eigenvalue weighted by atomic mass is 10.4. The molecule has 1 N–H and O–H groups in total. The van der Waals surface area contributed by atoms with E-state index >= 15 is 0 Å². The molecule has 0 aliphatic carbocycles. The summed E-state index contributed by atoms with van der Waals surface area (Å²) in [6.07, 6.45) is 0.329. The van der Waals surface area contributed by atoms with E-state index < -0.39 is 0 Å². The zero-order valence-corrected chi connectivity index (χ0v) is 6.02. The summed E-state index contributed by atoms with van der Waals surface area (Å²) in [6.45, 7) is 2.29. The molecule has 3 nitrogen and oxygen atoms in total. The van der Waals surface area contributed by atoms with Crippen molar-refractivity contribution in [2.75, 3.05) is 34.0 Å². The topological polar surface area (TPSA) is 22.9 Å². The van der Waals surface area contributed by atoms with Gasteiger partial charge in [-0.25, -0.2) is 0 Å². The van der Waals surface area contributed by atoms with Crippen LogP contribution < -0.4 is 4.90 Å². The Labute approximate surface area is 55.5 Å². The number of nitrogens with one attached hydrogen (secondary N) is 1. The smallest absolute Gasteiger partial charge is 0.147 e. The average Bonchev–Trinajstić information content (AvgIpc) is 2.15. The second-order valence-electron chi connectivity index (χ2n) is 2.69. The Morgan fingerprint density at radius 2 is 2.33 bits per heavy atom. The molecule has 0 amide bonds. The van der Waals surface area contributed by atoms with Crippen molar-refractivity contribution in [1.29, 1.82) is 0 Å². The number of quaternary nitrogens is 1. The summed E-state index contributed by atoms with van der Waals surface area (Å²) >= 11 is 0. The van der Waals surface area contributed by atoms with Gasteiger partial charge in [-0.05, 0) is 0 Å². The van der Waals surface area contributed by atoms with Crippen molar-refractivity contribution in [2.24, 2.45) is 0 Å². The van der Waals surface area contributed by atoms with Gasteiger partial charge in [-0.2, -0.15) is 0 Å². The first-order valence-corrected chi connectivity index (χ1v) is 3.27. The fourth-order valence-corrected chi connectivity index (χ4v) is 0.945. The van der Waals surface area contributed by atoms with E-state index in [1.54, 1.807) is 0 Å². The van der Waals surface area contributed by atoms with Gasteiger partial charge < -0.3 is 14.4 Å². The van der Waals surface area contributed by atoms with E-state index in [4.69, 9.17) is 9.47 Å². The predicted molar refractivity (Wildman–Crippen MR) is 33.4 cm³/mol. The molecule has 0 spiro atoms. The van der Waals surface area contributed by atoms with Crippen LogP contribution >= 0.6 is 0 Å². The Morgan fingerprint density at radius 1 is 1.56 bits per heavy atom. The van der Waals surface area contributed by atoms with E-state index in [-0.39, 0.29) is 0 Å². The van der Waals surface area contributed by atoms with Crippen LogP contribution in [0.25, 0.3) is 0 Å². The highest BCUT2D eigenvalue weighted by Crippen LogP contribution is 1.98. The van der Waals surface area contributed by atoms with E-state index in [1.165, 1.54) is 4.90 Å². The third-order valence-electron chi connectivity index (χ3n) is 1.33. The van der Waals surface area contributed by atoms with Gasteiger partial charge in [-0.1, -0.05) is 0 Å². The zero-order chi connectivity index (χ0) is 6.69. The average molecular weight is 132 g/mol. The maximum Gasteiger partial charge on any atom is 0.147 e. The van der Waals surface area contributed by atoms with Gasteiger partial charge in [-0.15, -0.1) is 0 Å². The summed E-state index contributed by atoms with van der Waals surface area (Å²) in [6, 6.07) is 0. The molecule has 0 aromatic carbocycles. The van der Waals surface area contributed by atoms with Gasteiger partial charge in [0.25, 0.3) is 0 Å². The molecule has 1 unspecified atom stereocenters. The molecule has 1 aliphatic rings. The lowest BCUT2D eigenvalue weighted by Gasteiger charge is -2.10. The highest BCUT2D eigenvalue weighted by Gasteiger charge is 2.18. The van der Waals surface area contributed by atoms with Crippen LogP contribution in [0, 0.1) is 0 Å². The van der Waals surface area contributed by atoms with Gasteiger partial charge in [0, 0.05) is 0 Å². The van der Waals surface area contributed by atoms with Crippen molar-refractivity contribution in [3.8, 4) is 0 Å². The molecule has 0 aromatic heterocycles. The number of hydrogen-bond acceptors (Lipinski definition) is 2. The summed E-state index contributed by atoms with van der Waals surface area (Å²) in [4.78, 5) is 1.41. The van der Waals surface area contributed by atoms with Crippen molar-refractivity contribution >= 4 is 0 Å². The molecule has 1 atom stereocenters. The van der Waals surface area contributed by atoms with Crippen LogP contribution in [-0.4, -0.2) is 40.1 Å². The Kier molecular flexibility index (Phi) is 2.45. The second kappa shape index (κ2) is 3.15. The molecule has 0 bridgehead atoms. The summed E-state index contributed by atoms with van der Waals surface area (Å²) in [5.74, 6) is 0. The SMILES string of the molecule is C[NH+](C)CC1COCO1. The molecule has 1 rings (SSSR count). The van der Waals surface area contributed by atoms with Gasteiger partial charge in [0.15, 0.2) is 0 Å². The summed E-state index contributed by atoms with van der Waals surface area (Å²) in [5.41, 5.74) is 0. The first kappa shape index (κ1) is 6.99. The van der Waals surface area contributed by atoms with Crippen LogP contribution in [0.3, 0.4) is 0 Å². The fraction of sp³-hybridized carbons (Fsp3) is 1.00. The molecule has 0 saturated carbocycles. The van der Waals surface area contributed by atoms with Gasteiger partial charge in [0.1, 0.15) is 19.4 Å². The maximum absolute atomic E-state index is 5.22. The molecular weight excluding hydrogens is 118 g/mol. The largest absolute Gasteiger partial charge is 0.352 e. The normalized spacial score (nSPS) is 27.7. The third-order valence-corrected chi connectivity index (χ3v) is 1.33.